The van der Waals surface area contributed by atoms with E-state index in [1.165, 1.54) is 0 Å². The highest BCUT2D eigenvalue weighted by molar-refractivity contribution is 6.54. The summed E-state index contributed by atoms with van der Waals surface area (Å²) >= 11 is 0. The summed E-state index contributed by atoms with van der Waals surface area (Å²) < 4.78 is 18.6. The molecule has 10 heteroatoms. The number of carbonyl (C=O) groups excluding carboxylic acids is 2. The van der Waals surface area contributed by atoms with E-state index in [0.29, 0.717) is 31.2 Å². The molecule has 0 radical (unpaired) electrons. The van der Waals surface area contributed by atoms with Crippen LogP contribution in [0.2, 0.25) is 0 Å². The van der Waals surface area contributed by atoms with Crippen molar-refractivity contribution in [3.05, 3.63) is 29.3 Å². The topological polar surface area (TPSA) is 105 Å². The number of benzene rings is 1. The summed E-state index contributed by atoms with van der Waals surface area (Å²) in [4.78, 5) is 45.0. The Labute approximate surface area is 235 Å². The molecule has 1 amide bonds. The van der Waals surface area contributed by atoms with Crippen molar-refractivity contribution < 1.29 is 38.4 Å². The predicted octanol–water partition coefficient (Wildman–Crippen LogP) is 4.61. The summed E-state index contributed by atoms with van der Waals surface area (Å²) in [6.45, 7) is 10.7. The Kier molecular flexibility index (Phi) is 7.17. The zero-order chi connectivity index (χ0) is 28.2. The molecule has 5 fully saturated rings. The minimum Gasteiger partial charge on any atom is -0.435 e. The number of fused-ring (bicyclic) bond motifs is 3. The fraction of sp³-hybridized carbons (Fsp3) is 0.700. The van der Waals surface area contributed by atoms with Gasteiger partial charge in [0.1, 0.15) is 6.61 Å². The van der Waals surface area contributed by atoms with Crippen molar-refractivity contribution >= 4 is 23.3 Å². The van der Waals surface area contributed by atoms with Crippen molar-refractivity contribution in [3.8, 4) is 0 Å². The molecule has 0 N–H and O–H groups in total. The van der Waals surface area contributed by atoms with E-state index in [1.54, 1.807) is 4.90 Å². The average Bonchev–Trinajstić information content (AvgIpc) is 3.02. The highest BCUT2D eigenvalue weighted by Gasteiger charge is 2.69. The molecule has 0 aromatic heterocycles. The number of esters is 1. The van der Waals surface area contributed by atoms with Gasteiger partial charge in [-0.15, -0.1) is 0 Å². The van der Waals surface area contributed by atoms with Gasteiger partial charge in [0.25, 0.3) is 5.91 Å². The highest BCUT2D eigenvalue weighted by Crippen LogP contribution is 2.60. The minimum atomic E-state index is -0.881. The van der Waals surface area contributed by atoms with Gasteiger partial charge in [0, 0.05) is 36.8 Å². The summed E-state index contributed by atoms with van der Waals surface area (Å²) in [5, 5.41) is 4.06. The van der Waals surface area contributed by atoms with Crippen LogP contribution in [0, 0.1) is 30.6 Å². The Morgan fingerprint density at radius 2 is 2.00 bits per heavy atom. The lowest BCUT2D eigenvalue weighted by Gasteiger charge is -2.59. The Bertz CT molecular complexity index is 1200. The van der Waals surface area contributed by atoms with Crippen molar-refractivity contribution in [1.82, 2.24) is 0 Å². The van der Waals surface area contributed by atoms with E-state index in [9.17, 15) is 9.59 Å². The van der Waals surface area contributed by atoms with E-state index >= 15 is 0 Å². The van der Waals surface area contributed by atoms with Gasteiger partial charge in [0.2, 0.25) is 12.1 Å². The number of anilines is 1. The molecule has 8 atom stereocenters. The first-order valence-electron chi connectivity index (χ1n) is 14.7. The lowest BCUT2D eigenvalue weighted by Crippen LogP contribution is -2.70. The van der Waals surface area contributed by atoms with Crippen LogP contribution in [-0.2, 0) is 38.4 Å². The Hall–Kier alpha value is -2.53. The van der Waals surface area contributed by atoms with Gasteiger partial charge >= 0.3 is 5.97 Å². The molecular formula is C30H40N2O8. The number of hydrogen-bond acceptors (Lipinski definition) is 9. The minimum absolute atomic E-state index is 0.0816. The summed E-state index contributed by atoms with van der Waals surface area (Å²) in [6.07, 6.45) is 2.86. The van der Waals surface area contributed by atoms with Crippen LogP contribution in [0.15, 0.2) is 23.4 Å². The van der Waals surface area contributed by atoms with Gasteiger partial charge in [-0.3, -0.25) is 9.59 Å². The van der Waals surface area contributed by atoms with E-state index in [1.807, 2.05) is 39.0 Å². The molecule has 5 aliphatic heterocycles. The lowest BCUT2D eigenvalue weighted by molar-refractivity contribution is -0.576. The summed E-state index contributed by atoms with van der Waals surface area (Å²) in [5.74, 6) is -0.767. The third kappa shape index (κ3) is 4.44. The van der Waals surface area contributed by atoms with Gasteiger partial charge in [-0.1, -0.05) is 30.6 Å². The predicted molar refractivity (Wildman–Crippen MR) is 144 cm³/mol. The van der Waals surface area contributed by atoms with Crippen molar-refractivity contribution in [1.29, 1.82) is 0 Å². The molecule has 2 bridgehead atoms. The molecule has 5 heterocycles. The number of carbonyl (C=O) groups is 2. The van der Waals surface area contributed by atoms with Crippen molar-refractivity contribution in [2.24, 2.45) is 28.8 Å². The maximum Gasteiger partial charge on any atom is 0.308 e. The van der Waals surface area contributed by atoms with Gasteiger partial charge in [-0.05, 0) is 70.4 Å². The van der Waals surface area contributed by atoms with Crippen LogP contribution < -0.4 is 4.90 Å². The first kappa shape index (κ1) is 27.6. The zero-order valence-corrected chi connectivity index (χ0v) is 24.0. The first-order chi connectivity index (χ1) is 19.2. The molecule has 1 saturated carbocycles. The van der Waals surface area contributed by atoms with Crippen molar-refractivity contribution in [2.75, 3.05) is 18.1 Å². The third-order valence-corrected chi connectivity index (χ3v) is 9.54. The summed E-state index contributed by atoms with van der Waals surface area (Å²) in [7, 11) is 0. The Balaban J connectivity index is 1.11. The summed E-state index contributed by atoms with van der Waals surface area (Å²) in [5.41, 5.74) is 2.14. The van der Waals surface area contributed by atoms with E-state index in [4.69, 9.17) is 28.8 Å². The third-order valence-electron chi connectivity index (χ3n) is 9.54. The van der Waals surface area contributed by atoms with E-state index in [2.05, 4.69) is 19.0 Å². The molecule has 218 valence electrons. The number of oxime groups is 1. The Morgan fingerprint density at radius 3 is 2.80 bits per heavy atom. The van der Waals surface area contributed by atoms with Gasteiger partial charge in [-0.25, -0.2) is 9.78 Å². The molecule has 6 aliphatic rings. The quantitative estimate of drug-likeness (QED) is 0.272. The second-order valence-corrected chi connectivity index (χ2v) is 12.2. The molecule has 4 saturated heterocycles. The number of rotatable bonds is 7. The maximum absolute atomic E-state index is 13.1. The van der Waals surface area contributed by atoms with Crippen LogP contribution in [0.1, 0.15) is 77.3 Å². The number of amides is 1. The van der Waals surface area contributed by atoms with Crippen LogP contribution in [0.5, 0.6) is 0 Å². The maximum atomic E-state index is 13.1. The molecular weight excluding hydrogens is 516 g/mol. The monoisotopic (exact) mass is 556 g/mol. The van der Waals surface area contributed by atoms with Gasteiger partial charge in [-0.2, -0.15) is 0 Å². The van der Waals surface area contributed by atoms with Crippen LogP contribution in [-0.4, -0.2) is 54.7 Å². The number of hydrogen-bond donors (Lipinski definition) is 0. The fourth-order valence-electron chi connectivity index (χ4n) is 7.44. The van der Waals surface area contributed by atoms with Gasteiger partial charge in [0.15, 0.2) is 17.6 Å². The molecule has 1 aromatic rings. The number of ether oxygens (including phenoxy) is 3. The van der Waals surface area contributed by atoms with Gasteiger partial charge < -0.3 is 23.9 Å². The fourth-order valence-corrected chi connectivity index (χ4v) is 7.44. The smallest absolute Gasteiger partial charge is 0.308 e. The van der Waals surface area contributed by atoms with Gasteiger partial charge in [0.05, 0.1) is 5.69 Å². The van der Waals surface area contributed by atoms with E-state index in [0.717, 1.165) is 42.5 Å². The van der Waals surface area contributed by atoms with Crippen LogP contribution in [0.4, 0.5) is 5.69 Å². The van der Waals surface area contributed by atoms with E-state index in [-0.39, 0.29) is 36.1 Å². The molecule has 1 unspecified atom stereocenters. The molecule has 10 nitrogen and oxygen atoms in total. The average molecular weight is 557 g/mol. The largest absolute Gasteiger partial charge is 0.435 e. The molecule has 7 rings (SSSR count). The van der Waals surface area contributed by atoms with Crippen LogP contribution in [0.3, 0.4) is 0 Å². The normalized spacial score (nSPS) is 39.1. The number of nitrogens with zero attached hydrogens (tertiary/aromatic N) is 2. The second-order valence-electron chi connectivity index (χ2n) is 12.2. The lowest BCUT2D eigenvalue weighted by atomic mass is 9.58. The van der Waals surface area contributed by atoms with Crippen LogP contribution >= 0.6 is 0 Å². The van der Waals surface area contributed by atoms with Crippen LogP contribution in [0.25, 0.3) is 0 Å². The molecule has 1 aliphatic carbocycles. The zero-order valence-electron chi connectivity index (χ0n) is 24.0. The summed E-state index contributed by atoms with van der Waals surface area (Å²) in [6, 6.07) is 5.80. The molecule has 40 heavy (non-hydrogen) atoms. The van der Waals surface area contributed by atoms with E-state index < -0.39 is 24.0 Å². The Morgan fingerprint density at radius 1 is 1.18 bits per heavy atom. The van der Waals surface area contributed by atoms with Crippen molar-refractivity contribution in [2.45, 2.75) is 97.1 Å². The van der Waals surface area contributed by atoms with Crippen molar-refractivity contribution in [3.63, 3.8) is 0 Å². The second kappa shape index (κ2) is 10.4. The standard InChI is InChI=1S/C30H40N2O8/c1-6-35-31-25-20-16-17(2)9-12-23(20)32(26(25)34)15-7-8-24(33)36-27-19(4)22-11-10-18(3)21-13-14-29(5)38-28(37-27)30(21,22)40-39-29/h9,12,16,18-19,21-22,27-28H,6-8,10-11,13-15H2,1-5H3/t18-,19-,21+,22+,27?,28-,29-,30-/m1/s1. The number of aryl methyl sites for hydroxylation is 1. The first-order valence-corrected chi connectivity index (χ1v) is 14.7. The molecule has 1 spiro atoms. The SMILES string of the molecule is CCON=C1C(=O)N(CCCC(=O)OC2O[C@@H]3O[C@@]4(C)CC[C@H]5[C@H](C)CC[C@@H]([C@H]2C)[C@@]35OO4)c2ccc(C)cc21. The highest BCUT2D eigenvalue weighted by atomic mass is 17.3. The molecule has 1 aromatic carbocycles.